The highest BCUT2D eigenvalue weighted by molar-refractivity contribution is 5.30. The topological polar surface area (TPSA) is 21.3 Å². The van der Waals surface area contributed by atoms with Gasteiger partial charge in [-0.25, -0.2) is 0 Å². The summed E-state index contributed by atoms with van der Waals surface area (Å²) in [7, 11) is 0. The summed E-state index contributed by atoms with van der Waals surface area (Å²) in [6.45, 7) is 9.30. The third kappa shape index (κ3) is 2.63. The lowest BCUT2D eigenvalue weighted by Crippen LogP contribution is -2.34. The summed E-state index contributed by atoms with van der Waals surface area (Å²) in [6, 6.07) is 9.18. The van der Waals surface area contributed by atoms with Crippen LogP contribution in [0.15, 0.2) is 24.3 Å². The Morgan fingerprint density at radius 3 is 2.75 bits per heavy atom. The largest absolute Gasteiger partial charge is 0.378 e. The van der Waals surface area contributed by atoms with E-state index in [9.17, 15) is 0 Å². The number of hydrogen-bond acceptors (Lipinski definition) is 2. The molecule has 0 radical (unpaired) electrons. The zero-order chi connectivity index (χ0) is 11.6. The van der Waals surface area contributed by atoms with E-state index in [1.54, 1.807) is 0 Å². The highest BCUT2D eigenvalue weighted by Crippen LogP contribution is 2.25. The third-order valence-corrected chi connectivity index (χ3v) is 3.08. The highest BCUT2D eigenvalue weighted by Gasteiger charge is 2.18. The molecule has 1 aromatic rings. The number of morpholine rings is 1. The van der Waals surface area contributed by atoms with Crippen molar-refractivity contribution < 1.29 is 4.74 Å². The highest BCUT2D eigenvalue weighted by atomic mass is 16.5. The van der Waals surface area contributed by atoms with Crippen LogP contribution in [-0.2, 0) is 10.2 Å². The SMILES string of the molecule is CC(C)(C)c1cccc(C2COCCN2)c1. The molecule has 16 heavy (non-hydrogen) atoms. The number of benzene rings is 1. The Balaban J connectivity index is 2.21. The molecule has 1 fully saturated rings. The maximum absolute atomic E-state index is 5.50. The van der Waals surface area contributed by atoms with Crippen molar-refractivity contribution in [2.75, 3.05) is 19.8 Å². The van der Waals surface area contributed by atoms with Gasteiger partial charge in [0.15, 0.2) is 0 Å². The molecule has 0 aliphatic carbocycles. The Hall–Kier alpha value is -0.860. The van der Waals surface area contributed by atoms with Crippen molar-refractivity contribution in [2.45, 2.75) is 32.2 Å². The molecule has 0 aromatic heterocycles. The molecule has 1 atom stereocenters. The zero-order valence-corrected chi connectivity index (χ0v) is 10.4. The fourth-order valence-electron chi connectivity index (χ4n) is 2.00. The minimum atomic E-state index is 0.214. The molecule has 0 saturated carbocycles. The molecule has 1 N–H and O–H groups in total. The molecule has 0 amide bonds. The van der Waals surface area contributed by atoms with Gasteiger partial charge < -0.3 is 10.1 Å². The average Bonchev–Trinajstić information content (AvgIpc) is 2.29. The van der Waals surface area contributed by atoms with E-state index in [1.165, 1.54) is 11.1 Å². The van der Waals surface area contributed by atoms with E-state index in [-0.39, 0.29) is 5.41 Å². The van der Waals surface area contributed by atoms with Gasteiger partial charge in [-0.2, -0.15) is 0 Å². The fourth-order valence-corrected chi connectivity index (χ4v) is 2.00. The van der Waals surface area contributed by atoms with Gasteiger partial charge in [-0.15, -0.1) is 0 Å². The minimum absolute atomic E-state index is 0.214. The summed E-state index contributed by atoms with van der Waals surface area (Å²) in [5.41, 5.74) is 2.94. The lowest BCUT2D eigenvalue weighted by Gasteiger charge is -2.26. The van der Waals surface area contributed by atoms with Crippen LogP contribution in [0.4, 0.5) is 0 Å². The molecule has 1 saturated heterocycles. The predicted octanol–water partition coefficient (Wildman–Crippen LogP) is 2.65. The second kappa shape index (κ2) is 4.56. The predicted molar refractivity (Wildman–Crippen MR) is 66.7 cm³/mol. The van der Waals surface area contributed by atoms with E-state index in [2.05, 4.69) is 50.4 Å². The summed E-state index contributed by atoms with van der Waals surface area (Å²) in [6.07, 6.45) is 0. The quantitative estimate of drug-likeness (QED) is 0.784. The van der Waals surface area contributed by atoms with E-state index in [4.69, 9.17) is 4.74 Å². The molecule has 1 aromatic carbocycles. The van der Waals surface area contributed by atoms with Gasteiger partial charge in [0.05, 0.1) is 19.3 Å². The first-order chi connectivity index (χ1) is 7.57. The third-order valence-electron chi connectivity index (χ3n) is 3.08. The second-order valence-electron chi connectivity index (χ2n) is 5.46. The molecule has 1 aliphatic rings. The van der Waals surface area contributed by atoms with Crippen molar-refractivity contribution in [2.24, 2.45) is 0 Å². The fraction of sp³-hybridized carbons (Fsp3) is 0.571. The Morgan fingerprint density at radius 1 is 1.31 bits per heavy atom. The molecule has 1 aliphatic heterocycles. The van der Waals surface area contributed by atoms with Gasteiger partial charge >= 0.3 is 0 Å². The molecular formula is C14H21NO. The molecule has 2 nitrogen and oxygen atoms in total. The van der Waals surface area contributed by atoms with Gasteiger partial charge in [-0.3, -0.25) is 0 Å². The smallest absolute Gasteiger partial charge is 0.0662 e. The number of ether oxygens (including phenoxy) is 1. The van der Waals surface area contributed by atoms with Gasteiger partial charge in [0.25, 0.3) is 0 Å². The Morgan fingerprint density at radius 2 is 2.12 bits per heavy atom. The van der Waals surface area contributed by atoms with E-state index >= 15 is 0 Å². The first kappa shape index (κ1) is 11.6. The van der Waals surface area contributed by atoms with E-state index in [0.29, 0.717) is 6.04 Å². The Labute approximate surface area is 98.0 Å². The summed E-state index contributed by atoms with van der Waals surface area (Å²) >= 11 is 0. The van der Waals surface area contributed by atoms with Gasteiger partial charge in [-0.05, 0) is 16.5 Å². The van der Waals surface area contributed by atoms with E-state index in [1.807, 2.05) is 0 Å². The van der Waals surface area contributed by atoms with Crippen LogP contribution >= 0.6 is 0 Å². The standard InChI is InChI=1S/C14H21NO/c1-14(2,3)12-6-4-5-11(9-12)13-10-16-8-7-15-13/h4-6,9,13,15H,7-8,10H2,1-3H3. The summed E-state index contributed by atoms with van der Waals surface area (Å²) < 4.78 is 5.50. The van der Waals surface area contributed by atoms with Gasteiger partial charge in [-0.1, -0.05) is 45.0 Å². The number of rotatable bonds is 1. The van der Waals surface area contributed by atoms with Crippen LogP contribution in [0.1, 0.15) is 37.9 Å². The maximum atomic E-state index is 5.50. The minimum Gasteiger partial charge on any atom is -0.378 e. The zero-order valence-electron chi connectivity index (χ0n) is 10.4. The lowest BCUT2D eigenvalue weighted by atomic mass is 9.85. The van der Waals surface area contributed by atoms with Crippen molar-refractivity contribution >= 4 is 0 Å². The van der Waals surface area contributed by atoms with Crippen molar-refractivity contribution in [3.63, 3.8) is 0 Å². The number of hydrogen-bond donors (Lipinski definition) is 1. The van der Waals surface area contributed by atoms with Crippen LogP contribution in [-0.4, -0.2) is 19.8 Å². The summed E-state index contributed by atoms with van der Waals surface area (Å²) in [5.74, 6) is 0. The van der Waals surface area contributed by atoms with Crippen LogP contribution in [0.5, 0.6) is 0 Å². The van der Waals surface area contributed by atoms with Crippen LogP contribution in [0, 0.1) is 0 Å². The van der Waals surface area contributed by atoms with Crippen LogP contribution in [0.25, 0.3) is 0 Å². The molecule has 2 rings (SSSR count). The van der Waals surface area contributed by atoms with E-state index in [0.717, 1.165) is 19.8 Å². The van der Waals surface area contributed by atoms with Crippen LogP contribution in [0.3, 0.4) is 0 Å². The Kier molecular flexibility index (Phi) is 3.31. The average molecular weight is 219 g/mol. The molecule has 88 valence electrons. The van der Waals surface area contributed by atoms with Crippen molar-refractivity contribution in [3.05, 3.63) is 35.4 Å². The van der Waals surface area contributed by atoms with Crippen LogP contribution < -0.4 is 5.32 Å². The van der Waals surface area contributed by atoms with Gasteiger partial charge in [0, 0.05) is 6.54 Å². The summed E-state index contributed by atoms with van der Waals surface area (Å²) in [5, 5.41) is 3.49. The monoisotopic (exact) mass is 219 g/mol. The van der Waals surface area contributed by atoms with Crippen molar-refractivity contribution in [1.29, 1.82) is 0 Å². The normalized spacial score (nSPS) is 22.1. The molecule has 0 bridgehead atoms. The second-order valence-corrected chi connectivity index (χ2v) is 5.46. The summed E-state index contributed by atoms with van der Waals surface area (Å²) in [4.78, 5) is 0. The molecule has 2 heteroatoms. The first-order valence-electron chi connectivity index (χ1n) is 5.99. The molecule has 1 unspecified atom stereocenters. The van der Waals surface area contributed by atoms with Gasteiger partial charge in [0.2, 0.25) is 0 Å². The lowest BCUT2D eigenvalue weighted by molar-refractivity contribution is 0.0768. The maximum Gasteiger partial charge on any atom is 0.0662 e. The van der Waals surface area contributed by atoms with Crippen molar-refractivity contribution in [1.82, 2.24) is 5.32 Å². The molecule has 1 heterocycles. The number of nitrogens with one attached hydrogen (secondary N) is 1. The van der Waals surface area contributed by atoms with Gasteiger partial charge in [0.1, 0.15) is 0 Å². The Bertz CT molecular complexity index is 348. The van der Waals surface area contributed by atoms with Crippen molar-refractivity contribution in [3.8, 4) is 0 Å². The molecular weight excluding hydrogens is 198 g/mol. The van der Waals surface area contributed by atoms with Crippen LogP contribution in [0.2, 0.25) is 0 Å². The molecule has 0 spiro atoms. The van der Waals surface area contributed by atoms with E-state index < -0.39 is 0 Å². The first-order valence-corrected chi connectivity index (χ1v) is 5.99.